The molecule has 6 heteroatoms. The minimum absolute atomic E-state index is 0.230. The number of ether oxygens (including phenoxy) is 1. The van der Waals surface area contributed by atoms with Gasteiger partial charge in [-0.25, -0.2) is 4.98 Å². The maximum absolute atomic E-state index is 9.62. The quantitative estimate of drug-likeness (QED) is 0.804. The van der Waals surface area contributed by atoms with Gasteiger partial charge in [-0.15, -0.1) is 0 Å². The normalized spacial score (nSPS) is 22.3. The van der Waals surface area contributed by atoms with Crippen molar-refractivity contribution >= 4 is 5.82 Å². The Morgan fingerprint density at radius 3 is 2.73 bits per heavy atom. The van der Waals surface area contributed by atoms with Gasteiger partial charge in [-0.2, -0.15) is 0 Å². The number of aliphatic hydroxyl groups is 1. The molecule has 1 aliphatic rings. The predicted molar refractivity (Wildman–Crippen MR) is 87.0 cm³/mol. The van der Waals surface area contributed by atoms with Crippen LogP contribution >= 0.6 is 0 Å². The standard InChI is InChI=1S/C16H28N4O2/c1-13-16(18-5-4-17-13)20-10-14(8-15(11-20)12-21)9-19(2)6-7-22-3/h4-5,14-15,21H,6-12H2,1-3H3/t14-,15-/m0/s1. The first-order valence-corrected chi connectivity index (χ1v) is 7.95. The van der Waals surface area contributed by atoms with Crippen molar-refractivity contribution in [2.75, 3.05) is 58.5 Å². The fourth-order valence-corrected chi connectivity index (χ4v) is 3.25. The van der Waals surface area contributed by atoms with E-state index in [0.29, 0.717) is 11.8 Å². The van der Waals surface area contributed by atoms with Crippen LogP contribution in [-0.2, 0) is 4.74 Å². The number of nitrogens with zero attached hydrogens (tertiary/aromatic N) is 4. The van der Waals surface area contributed by atoms with Crippen LogP contribution in [0.5, 0.6) is 0 Å². The van der Waals surface area contributed by atoms with Gasteiger partial charge in [0.25, 0.3) is 0 Å². The largest absolute Gasteiger partial charge is 0.396 e. The number of aliphatic hydroxyl groups excluding tert-OH is 1. The summed E-state index contributed by atoms with van der Waals surface area (Å²) in [5, 5.41) is 9.62. The maximum atomic E-state index is 9.62. The van der Waals surface area contributed by atoms with Gasteiger partial charge in [-0.3, -0.25) is 4.98 Å². The van der Waals surface area contributed by atoms with Crippen LogP contribution < -0.4 is 4.90 Å². The molecular formula is C16H28N4O2. The number of likely N-dealkylation sites (N-methyl/N-ethyl adjacent to an activating group) is 1. The minimum Gasteiger partial charge on any atom is -0.396 e. The molecule has 1 saturated heterocycles. The molecule has 1 aliphatic heterocycles. The Bertz CT molecular complexity index is 458. The van der Waals surface area contributed by atoms with E-state index in [9.17, 15) is 5.11 Å². The van der Waals surface area contributed by atoms with Crippen molar-refractivity contribution < 1.29 is 9.84 Å². The second-order valence-electron chi connectivity index (χ2n) is 6.28. The van der Waals surface area contributed by atoms with Gasteiger partial charge in [-0.1, -0.05) is 0 Å². The summed E-state index contributed by atoms with van der Waals surface area (Å²) in [6.45, 7) is 6.73. The highest BCUT2D eigenvalue weighted by Gasteiger charge is 2.29. The molecule has 0 bridgehead atoms. The van der Waals surface area contributed by atoms with E-state index >= 15 is 0 Å². The van der Waals surface area contributed by atoms with E-state index in [4.69, 9.17) is 4.74 Å². The van der Waals surface area contributed by atoms with Crippen molar-refractivity contribution in [2.24, 2.45) is 11.8 Å². The van der Waals surface area contributed by atoms with Crippen molar-refractivity contribution in [3.63, 3.8) is 0 Å². The number of hydrogen-bond acceptors (Lipinski definition) is 6. The Kier molecular flexibility index (Phi) is 6.54. The zero-order chi connectivity index (χ0) is 15.9. The monoisotopic (exact) mass is 308 g/mol. The van der Waals surface area contributed by atoms with Gasteiger partial charge >= 0.3 is 0 Å². The van der Waals surface area contributed by atoms with E-state index in [0.717, 1.165) is 50.7 Å². The van der Waals surface area contributed by atoms with Gasteiger partial charge in [0.1, 0.15) is 5.82 Å². The van der Waals surface area contributed by atoms with Crippen LogP contribution in [0.25, 0.3) is 0 Å². The molecule has 0 spiro atoms. The molecule has 0 aliphatic carbocycles. The van der Waals surface area contributed by atoms with Gasteiger partial charge < -0.3 is 19.6 Å². The molecule has 6 nitrogen and oxygen atoms in total. The topological polar surface area (TPSA) is 61.7 Å². The molecule has 22 heavy (non-hydrogen) atoms. The summed E-state index contributed by atoms with van der Waals surface area (Å²) in [4.78, 5) is 13.4. The van der Waals surface area contributed by atoms with Crippen LogP contribution in [0.4, 0.5) is 5.82 Å². The minimum atomic E-state index is 0.230. The Hall–Kier alpha value is -1.24. The first kappa shape index (κ1) is 17.1. The van der Waals surface area contributed by atoms with Crippen molar-refractivity contribution in [2.45, 2.75) is 13.3 Å². The average Bonchev–Trinajstić information content (AvgIpc) is 2.53. The molecule has 0 aromatic carbocycles. The highest BCUT2D eigenvalue weighted by Crippen LogP contribution is 2.27. The summed E-state index contributed by atoms with van der Waals surface area (Å²) in [5.74, 6) is 1.77. The first-order valence-electron chi connectivity index (χ1n) is 7.95. The van der Waals surface area contributed by atoms with Crippen LogP contribution in [0.1, 0.15) is 12.1 Å². The second-order valence-corrected chi connectivity index (χ2v) is 6.28. The van der Waals surface area contributed by atoms with Crippen LogP contribution in [0, 0.1) is 18.8 Å². The Morgan fingerprint density at radius 1 is 1.32 bits per heavy atom. The number of rotatable bonds is 7. The van der Waals surface area contributed by atoms with Crippen molar-refractivity contribution in [1.29, 1.82) is 0 Å². The van der Waals surface area contributed by atoms with E-state index < -0.39 is 0 Å². The van der Waals surface area contributed by atoms with Crippen LogP contribution in [0.15, 0.2) is 12.4 Å². The first-order chi connectivity index (χ1) is 10.6. The molecule has 1 aromatic heterocycles. The third kappa shape index (κ3) is 4.63. The molecule has 0 saturated carbocycles. The number of aromatic nitrogens is 2. The molecule has 0 unspecified atom stereocenters. The summed E-state index contributed by atoms with van der Waals surface area (Å²) >= 11 is 0. The molecule has 0 radical (unpaired) electrons. The fourth-order valence-electron chi connectivity index (χ4n) is 3.25. The van der Waals surface area contributed by atoms with Gasteiger partial charge in [-0.05, 0) is 32.2 Å². The SMILES string of the molecule is COCCN(C)C[C@@H]1C[C@H](CO)CN(c2nccnc2C)C1. The molecule has 1 fully saturated rings. The Morgan fingerprint density at radius 2 is 2.05 bits per heavy atom. The maximum Gasteiger partial charge on any atom is 0.150 e. The number of anilines is 1. The zero-order valence-electron chi connectivity index (χ0n) is 13.9. The number of hydrogen-bond donors (Lipinski definition) is 1. The van der Waals surface area contributed by atoms with Crippen molar-refractivity contribution in [1.82, 2.24) is 14.9 Å². The predicted octanol–water partition coefficient (Wildman–Crippen LogP) is 0.798. The summed E-state index contributed by atoms with van der Waals surface area (Å²) in [7, 11) is 3.86. The third-order valence-electron chi connectivity index (χ3n) is 4.28. The molecular weight excluding hydrogens is 280 g/mol. The van der Waals surface area contributed by atoms with Crippen LogP contribution in [0.3, 0.4) is 0 Å². The Balaban J connectivity index is 2.02. The number of methoxy groups -OCH3 is 1. The number of aryl methyl sites for hydroxylation is 1. The average molecular weight is 308 g/mol. The molecule has 0 amide bonds. The lowest BCUT2D eigenvalue weighted by Crippen LogP contribution is -2.46. The Labute approximate surface area is 133 Å². The van der Waals surface area contributed by atoms with Crippen LogP contribution in [0.2, 0.25) is 0 Å². The molecule has 2 atom stereocenters. The van der Waals surface area contributed by atoms with E-state index in [1.54, 1.807) is 19.5 Å². The lowest BCUT2D eigenvalue weighted by atomic mass is 9.89. The molecule has 124 valence electrons. The summed E-state index contributed by atoms with van der Waals surface area (Å²) in [5.41, 5.74) is 0.951. The summed E-state index contributed by atoms with van der Waals surface area (Å²) < 4.78 is 5.14. The van der Waals surface area contributed by atoms with E-state index in [-0.39, 0.29) is 6.61 Å². The van der Waals surface area contributed by atoms with Crippen molar-refractivity contribution in [3.05, 3.63) is 18.1 Å². The molecule has 1 aromatic rings. The van der Waals surface area contributed by atoms with Crippen LogP contribution in [-0.4, -0.2) is 73.5 Å². The third-order valence-corrected chi connectivity index (χ3v) is 4.28. The highest BCUT2D eigenvalue weighted by atomic mass is 16.5. The summed E-state index contributed by atoms with van der Waals surface area (Å²) in [6, 6.07) is 0. The highest BCUT2D eigenvalue weighted by molar-refractivity contribution is 5.42. The second kappa shape index (κ2) is 8.41. The van der Waals surface area contributed by atoms with E-state index in [2.05, 4.69) is 26.8 Å². The van der Waals surface area contributed by atoms with Gasteiger partial charge in [0.2, 0.25) is 0 Å². The van der Waals surface area contributed by atoms with Crippen molar-refractivity contribution in [3.8, 4) is 0 Å². The number of piperidine rings is 1. The summed E-state index contributed by atoms with van der Waals surface area (Å²) in [6.07, 6.45) is 4.52. The van der Waals surface area contributed by atoms with Gasteiger partial charge in [0, 0.05) is 52.3 Å². The lowest BCUT2D eigenvalue weighted by Gasteiger charge is -2.39. The lowest BCUT2D eigenvalue weighted by molar-refractivity contribution is 0.133. The molecule has 1 N–H and O–H groups in total. The van der Waals surface area contributed by atoms with Gasteiger partial charge in [0.15, 0.2) is 0 Å². The van der Waals surface area contributed by atoms with E-state index in [1.807, 2.05) is 6.92 Å². The van der Waals surface area contributed by atoms with Gasteiger partial charge in [0.05, 0.1) is 12.3 Å². The van der Waals surface area contributed by atoms with E-state index in [1.165, 1.54) is 0 Å². The fraction of sp³-hybridized carbons (Fsp3) is 0.750. The smallest absolute Gasteiger partial charge is 0.150 e. The molecule has 2 rings (SSSR count). The molecule has 2 heterocycles. The zero-order valence-corrected chi connectivity index (χ0v) is 13.9.